The van der Waals surface area contributed by atoms with Gasteiger partial charge in [0.25, 0.3) is 0 Å². The normalized spacial score (nSPS) is 23.6. The van der Waals surface area contributed by atoms with Crippen molar-refractivity contribution in [3.8, 4) is 0 Å². The van der Waals surface area contributed by atoms with Crippen LogP contribution in [0.2, 0.25) is 0 Å². The Morgan fingerprint density at radius 2 is 2.19 bits per heavy atom. The summed E-state index contributed by atoms with van der Waals surface area (Å²) in [6.07, 6.45) is 0. The number of nitrogens with zero attached hydrogens (tertiary/aromatic N) is 2. The fourth-order valence-corrected chi connectivity index (χ4v) is 2.61. The van der Waals surface area contributed by atoms with Crippen molar-refractivity contribution < 1.29 is 0 Å². The summed E-state index contributed by atoms with van der Waals surface area (Å²) >= 11 is 3.52. The molecule has 1 unspecified atom stereocenters. The van der Waals surface area contributed by atoms with E-state index in [4.69, 9.17) is 0 Å². The van der Waals surface area contributed by atoms with Crippen molar-refractivity contribution in [2.45, 2.75) is 19.5 Å². The van der Waals surface area contributed by atoms with Crippen molar-refractivity contribution >= 4 is 15.9 Å². The van der Waals surface area contributed by atoms with Gasteiger partial charge in [0.2, 0.25) is 0 Å². The Morgan fingerprint density at radius 3 is 2.88 bits per heavy atom. The van der Waals surface area contributed by atoms with Crippen LogP contribution in [0.5, 0.6) is 0 Å². The molecule has 2 nitrogen and oxygen atoms in total. The van der Waals surface area contributed by atoms with Crippen molar-refractivity contribution in [1.29, 1.82) is 0 Å². The second kappa shape index (κ2) is 5.30. The fourth-order valence-electron chi connectivity index (χ4n) is 2.16. The maximum atomic E-state index is 3.52. The summed E-state index contributed by atoms with van der Waals surface area (Å²) in [4.78, 5) is 4.96. The molecule has 0 radical (unpaired) electrons. The van der Waals surface area contributed by atoms with Gasteiger partial charge >= 0.3 is 0 Å². The van der Waals surface area contributed by atoms with Gasteiger partial charge in [0.05, 0.1) is 0 Å². The molecule has 1 atom stereocenters. The molecule has 1 aromatic carbocycles. The lowest BCUT2D eigenvalue weighted by Gasteiger charge is -2.37. The number of hydrogen-bond acceptors (Lipinski definition) is 2. The molecule has 0 aliphatic carbocycles. The molecule has 88 valence electrons. The fraction of sp³-hybridized carbons (Fsp3) is 0.538. The van der Waals surface area contributed by atoms with Gasteiger partial charge < -0.3 is 4.90 Å². The van der Waals surface area contributed by atoms with Crippen LogP contribution in [-0.2, 0) is 6.54 Å². The highest BCUT2D eigenvalue weighted by Gasteiger charge is 2.20. The van der Waals surface area contributed by atoms with Crippen molar-refractivity contribution in [2.75, 3.05) is 26.7 Å². The summed E-state index contributed by atoms with van der Waals surface area (Å²) in [5.74, 6) is 0. The average Bonchev–Trinajstić information content (AvgIpc) is 2.24. The lowest BCUT2D eigenvalue weighted by atomic mass is 10.1. The molecular formula is C13H19BrN2. The molecule has 1 aliphatic heterocycles. The molecule has 3 heteroatoms. The van der Waals surface area contributed by atoms with Gasteiger partial charge in [-0.1, -0.05) is 28.1 Å². The lowest BCUT2D eigenvalue weighted by Crippen LogP contribution is -2.49. The van der Waals surface area contributed by atoms with Crippen LogP contribution in [0.15, 0.2) is 28.7 Å². The standard InChI is InChI=1S/C13H19BrN2/c1-11-9-16(7-6-15(11)2)10-12-4-3-5-13(14)8-12/h3-5,8,11H,6-7,9-10H2,1-2H3. The minimum atomic E-state index is 0.668. The maximum absolute atomic E-state index is 3.52. The van der Waals surface area contributed by atoms with E-state index in [1.54, 1.807) is 0 Å². The predicted molar refractivity (Wildman–Crippen MR) is 71.5 cm³/mol. The van der Waals surface area contributed by atoms with Gasteiger partial charge in [-0.3, -0.25) is 4.90 Å². The van der Waals surface area contributed by atoms with E-state index in [2.05, 4.69) is 64.0 Å². The molecule has 1 aromatic rings. The topological polar surface area (TPSA) is 6.48 Å². The van der Waals surface area contributed by atoms with Gasteiger partial charge in [-0.25, -0.2) is 0 Å². The molecule has 0 saturated carbocycles. The Hall–Kier alpha value is -0.380. The van der Waals surface area contributed by atoms with E-state index in [0.29, 0.717) is 6.04 Å². The smallest absolute Gasteiger partial charge is 0.0235 e. The zero-order valence-electron chi connectivity index (χ0n) is 9.99. The van der Waals surface area contributed by atoms with E-state index in [0.717, 1.165) is 6.54 Å². The summed E-state index contributed by atoms with van der Waals surface area (Å²) in [5, 5.41) is 0. The summed E-state index contributed by atoms with van der Waals surface area (Å²) < 4.78 is 1.17. The average molecular weight is 283 g/mol. The minimum Gasteiger partial charge on any atom is -0.301 e. The number of benzene rings is 1. The first-order valence-electron chi connectivity index (χ1n) is 5.82. The highest BCUT2D eigenvalue weighted by Crippen LogP contribution is 2.15. The number of halogens is 1. The molecule has 2 rings (SSSR count). The van der Waals surface area contributed by atoms with Crippen molar-refractivity contribution in [3.63, 3.8) is 0 Å². The van der Waals surface area contributed by atoms with Gasteiger partial charge in [0.15, 0.2) is 0 Å². The largest absolute Gasteiger partial charge is 0.301 e. The third-order valence-electron chi connectivity index (χ3n) is 3.34. The quantitative estimate of drug-likeness (QED) is 0.823. The minimum absolute atomic E-state index is 0.668. The lowest BCUT2D eigenvalue weighted by molar-refractivity contribution is 0.1000. The highest BCUT2D eigenvalue weighted by atomic mass is 79.9. The van der Waals surface area contributed by atoms with Gasteiger partial charge in [-0.2, -0.15) is 0 Å². The van der Waals surface area contributed by atoms with Crippen LogP contribution in [0.25, 0.3) is 0 Å². The van der Waals surface area contributed by atoms with Crippen LogP contribution in [0.3, 0.4) is 0 Å². The van der Waals surface area contributed by atoms with Gasteiger partial charge in [0, 0.05) is 36.7 Å². The zero-order valence-corrected chi connectivity index (χ0v) is 11.6. The molecule has 0 N–H and O–H groups in total. The monoisotopic (exact) mass is 282 g/mol. The van der Waals surface area contributed by atoms with Crippen LogP contribution >= 0.6 is 15.9 Å². The molecule has 1 saturated heterocycles. The van der Waals surface area contributed by atoms with E-state index < -0.39 is 0 Å². The van der Waals surface area contributed by atoms with Crippen molar-refractivity contribution in [2.24, 2.45) is 0 Å². The summed E-state index contributed by atoms with van der Waals surface area (Å²) in [7, 11) is 2.21. The van der Waals surface area contributed by atoms with Crippen molar-refractivity contribution in [3.05, 3.63) is 34.3 Å². The van der Waals surface area contributed by atoms with Crippen LogP contribution in [-0.4, -0.2) is 42.5 Å². The first kappa shape index (κ1) is 12.1. The number of piperazine rings is 1. The van der Waals surface area contributed by atoms with Crippen molar-refractivity contribution in [1.82, 2.24) is 9.80 Å². The predicted octanol–water partition coefficient (Wildman–Crippen LogP) is 2.59. The summed E-state index contributed by atoms with van der Waals surface area (Å²) in [5.41, 5.74) is 1.39. The molecule has 1 heterocycles. The Labute approximate surface area is 106 Å². The van der Waals surface area contributed by atoms with Gasteiger partial charge in [-0.15, -0.1) is 0 Å². The molecule has 1 fully saturated rings. The maximum Gasteiger partial charge on any atom is 0.0235 e. The third-order valence-corrected chi connectivity index (χ3v) is 3.83. The Kier molecular flexibility index (Phi) is 4.00. The Morgan fingerprint density at radius 1 is 1.38 bits per heavy atom. The molecule has 0 amide bonds. The SMILES string of the molecule is CC1CN(Cc2cccc(Br)c2)CCN1C. The van der Waals surface area contributed by atoms with E-state index in [-0.39, 0.29) is 0 Å². The number of likely N-dealkylation sites (N-methyl/N-ethyl adjacent to an activating group) is 1. The van der Waals surface area contributed by atoms with E-state index in [1.807, 2.05) is 0 Å². The molecule has 0 aromatic heterocycles. The highest BCUT2D eigenvalue weighted by molar-refractivity contribution is 9.10. The number of rotatable bonds is 2. The van der Waals surface area contributed by atoms with E-state index in [9.17, 15) is 0 Å². The molecule has 0 spiro atoms. The Balaban J connectivity index is 1.95. The van der Waals surface area contributed by atoms with Gasteiger partial charge in [-0.05, 0) is 31.7 Å². The molecule has 0 bridgehead atoms. The van der Waals surface area contributed by atoms with E-state index >= 15 is 0 Å². The second-order valence-electron chi connectivity index (χ2n) is 4.69. The first-order chi connectivity index (χ1) is 7.65. The molecule has 1 aliphatic rings. The molecular weight excluding hydrogens is 264 g/mol. The van der Waals surface area contributed by atoms with Crippen LogP contribution < -0.4 is 0 Å². The molecule has 16 heavy (non-hydrogen) atoms. The van der Waals surface area contributed by atoms with Gasteiger partial charge in [0.1, 0.15) is 0 Å². The third kappa shape index (κ3) is 3.06. The van der Waals surface area contributed by atoms with Crippen LogP contribution in [0.1, 0.15) is 12.5 Å². The number of hydrogen-bond donors (Lipinski definition) is 0. The summed E-state index contributed by atoms with van der Waals surface area (Å²) in [6, 6.07) is 9.27. The summed E-state index contributed by atoms with van der Waals surface area (Å²) in [6.45, 7) is 6.89. The van der Waals surface area contributed by atoms with Crippen LogP contribution in [0.4, 0.5) is 0 Å². The first-order valence-corrected chi connectivity index (χ1v) is 6.61. The zero-order chi connectivity index (χ0) is 11.5. The van der Waals surface area contributed by atoms with E-state index in [1.165, 1.54) is 29.7 Å². The Bertz CT molecular complexity index is 354. The second-order valence-corrected chi connectivity index (χ2v) is 5.61. The van der Waals surface area contributed by atoms with Crippen LogP contribution in [0, 0.1) is 0 Å².